The molecule has 0 saturated carbocycles. The van der Waals surface area contributed by atoms with Crippen molar-refractivity contribution in [1.29, 1.82) is 0 Å². The third-order valence-electron chi connectivity index (χ3n) is 5.08. The Morgan fingerprint density at radius 1 is 1.29 bits per heavy atom. The molecule has 24 heavy (non-hydrogen) atoms. The summed E-state index contributed by atoms with van der Waals surface area (Å²) in [6.07, 6.45) is 3.16. The topological polar surface area (TPSA) is 38.1 Å². The summed E-state index contributed by atoms with van der Waals surface area (Å²) < 4.78 is 15.0. The first kappa shape index (κ1) is 16.7. The van der Waals surface area contributed by atoms with E-state index < -0.39 is 0 Å². The van der Waals surface area contributed by atoms with Crippen LogP contribution in [0.25, 0.3) is 0 Å². The van der Waals surface area contributed by atoms with Gasteiger partial charge >= 0.3 is 0 Å². The van der Waals surface area contributed by atoms with Crippen molar-refractivity contribution >= 4 is 5.91 Å². The fourth-order valence-corrected chi connectivity index (χ4v) is 3.65. The first-order valence-corrected chi connectivity index (χ1v) is 8.51. The molecule has 1 aromatic carbocycles. The average molecular weight is 329 g/mol. The normalized spacial score (nSPS) is 17.5. The molecule has 5 heteroatoms. The highest BCUT2D eigenvalue weighted by Crippen LogP contribution is 2.32. The first-order chi connectivity index (χ1) is 11.5. The van der Waals surface area contributed by atoms with Gasteiger partial charge < -0.3 is 4.90 Å². The molecule has 2 heterocycles. The van der Waals surface area contributed by atoms with Crippen LogP contribution in [0.4, 0.5) is 4.39 Å². The van der Waals surface area contributed by atoms with Gasteiger partial charge in [0.25, 0.3) is 0 Å². The van der Waals surface area contributed by atoms with Gasteiger partial charge in [-0.2, -0.15) is 5.10 Å². The third-order valence-corrected chi connectivity index (χ3v) is 5.08. The molecule has 1 amide bonds. The van der Waals surface area contributed by atoms with Crippen molar-refractivity contribution < 1.29 is 9.18 Å². The molecule has 1 aromatic heterocycles. The Labute approximate surface area is 142 Å². The number of hydrogen-bond donors (Lipinski definition) is 0. The van der Waals surface area contributed by atoms with Gasteiger partial charge in [0.15, 0.2) is 0 Å². The Morgan fingerprint density at radius 2 is 2.00 bits per heavy atom. The van der Waals surface area contributed by atoms with E-state index in [9.17, 15) is 9.18 Å². The Bertz CT molecular complexity index is 736. The van der Waals surface area contributed by atoms with Gasteiger partial charge in [-0.1, -0.05) is 12.1 Å². The number of halogens is 1. The Kier molecular flexibility index (Phi) is 4.69. The lowest BCUT2D eigenvalue weighted by Gasteiger charge is -2.25. The Balaban J connectivity index is 1.68. The van der Waals surface area contributed by atoms with Crippen LogP contribution in [0.3, 0.4) is 0 Å². The van der Waals surface area contributed by atoms with Crippen LogP contribution in [0, 0.1) is 19.7 Å². The van der Waals surface area contributed by atoms with Crippen molar-refractivity contribution in [2.45, 2.75) is 45.6 Å². The Morgan fingerprint density at radius 3 is 2.62 bits per heavy atom. The van der Waals surface area contributed by atoms with E-state index in [0.717, 1.165) is 42.8 Å². The molecule has 3 rings (SSSR count). The molecule has 128 valence electrons. The van der Waals surface area contributed by atoms with Crippen LogP contribution in [0.5, 0.6) is 0 Å². The predicted octanol–water partition coefficient (Wildman–Crippen LogP) is 3.47. The molecule has 1 saturated heterocycles. The van der Waals surface area contributed by atoms with E-state index in [1.807, 2.05) is 30.5 Å². The molecule has 4 nitrogen and oxygen atoms in total. The van der Waals surface area contributed by atoms with E-state index >= 15 is 0 Å². The van der Waals surface area contributed by atoms with Crippen molar-refractivity contribution in [3.63, 3.8) is 0 Å². The van der Waals surface area contributed by atoms with Gasteiger partial charge in [-0.25, -0.2) is 4.39 Å². The summed E-state index contributed by atoms with van der Waals surface area (Å²) in [5, 5.41) is 4.41. The van der Waals surface area contributed by atoms with Crippen molar-refractivity contribution in [3.8, 4) is 0 Å². The van der Waals surface area contributed by atoms with Crippen LogP contribution in [-0.4, -0.2) is 27.1 Å². The summed E-state index contributed by atoms with van der Waals surface area (Å²) in [7, 11) is 1.93. The number of benzene rings is 1. The van der Waals surface area contributed by atoms with Gasteiger partial charge in [-0.15, -0.1) is 0 Å². The van der Waals surface area contributed by atoms with Crippen molar-refractivity contribution in [1.82, 2.24) is 14.7 Å². The smallest absolute Gasteiger partial charge is 0.223 e. The molecule has 0 spiro atoms. The van der Waals surface area contributed by atoms with E-state index in [0.29, 0.717) is 6.42 Å². The molecule has 1 fully saturated rings. The fraction of sp³-hybridized carbons (Fsp3) is 0.474. The lowest BCUT2D eigenvalue weighted by Crippen LogP contribution is -2.30. The fourth-order valence-electron chi connectivity index (χ4n) is 3.65. The molecule has 0 N–H and O–H groups in total. The molecular weight excluding hydrogens is 305 g/mol. The van der Waals surface area contributed by atoms with Crippen molar-refractivity contribution in [3.05, 3.63) is 52.6 Å². The highest BCUT2D eigenvalue weighted by molar-refractivity contribution is 5.77. The number of carbonyl (C=O) groups excluding carboxylic acids is 1. The Hall–Kier alpha value is -2.17. The summed E-state index contributed by atoms with van der Waals surface area (Å²) in [5.41, 5.74) is 4.32. The molecule has 0 radical (unpaired) electrons. The van der Waals surface area contributed by atoms with Gasteiger partial charge in [-0.3, -0.25) is 9.48 Å². The highest BCUT2D eigenvalue weighted by Gasteiger charge is 2.29. The maximum Gasteiger partial charge on any atom is 0.223 e. The molecule has 0 unspecified atom stereocenters. The van der Waals surface area contributed by atoms with Crippen LogP contribution in [0.2, 0.25) is 0 Å². The highest BCUT2D eigenvalue weighted by atomic mass is 19.1. The minimum Gasteiger partial charge on any atom is -0.336 e. The van der Waals surface area contributed by atoms with Crippen LogP contribution in [0.15, 0.2) is 24.3 Å². The number of hydrogen-bond acceptors (Lipinski definition) is 2. The lowest BCUT2D eigenvalue weighted by atomic mass is 10.0. The summed E-state index contributed by atoms with van der Waals surface area (Å²) in [4.78, 5) is 14.7. The lowest BCUT2D eigenvalue weighted by molar-refractivity contribution is -0.132. The number of carbonyl (C=O) groups is 1. The van der Waals surface area contributed by atoms with Gasteiger partial charge in [0.05, 0.1) is 11.7 Å². The maximum absolute atomic E-state index is 13.1. The summed E-state index contributed by atoms with van der Waals surface area (Å²) >= 11 is 0. The largest absolute Gasteiger partial charge is 0.336 e. The van der Waals surface area contributed by atoms with E-state index in [-0.39, 0.29) is 17.8 Å². The second-order valence-electron chi connectivity index (χ2n) is 6.57. The number of aromatic nitrogens is 2. The van der Waals surface area contributed by atoms with E-state index in [1.165, 1.54) is 17.7 Å². The van der Waals surface area contributed by atoms with E-state index in [1.54, 1.807) is 12.1 Å². The zero-order valence-electron chi connectivity index (χ0n) is 14.6. The van der Waals surface area contributed by atoms with Gasteiger partial charge in [-0.05, 0) is 56.4 Å². The van der Waals surface area contributed by atoms with Crippen LogP contribution >= 0.6 is 0 Å². The molecule has 1 aliphatic heterocycles. The number of rotatable bonds is 4. The van der Waals surface area contributed by atoms with Crippen LogP contribution in [-0.2, 0) is 18.3 Å². The summed E-state index contributed by atoms with van der Waals surface area (Å²) in [6, 6.07) is 6.61. The SMILES string of the molecule is Cc1nn(C)c(C)c1CCC(=O)N1CCC[C@@H]1c1ccc(F)cc1. The summed E-state index contributed by atoms with van der Waals surface area (Å²) in [6.45, 7) is 4.81. The summed E-state index contributed by atoms with van der Waals surface area (Å²) in [5.74, 6) is -0.0679. The average Bonchev–Trinajstić information content (AvgIpc) is 3.13. The zero-order chi connectivity index (χ0) is 17.3. The second-order valence-corrected chi connectivity index (χ2v) is 6.57. The minimum absolute atomic E-state index is 0.0780. The zero-order valence-corrected chi connectivity index (χ0v) is 14.6. The van der Waals surface area contributed by atoms with E-state index in [4.69, 9.17) is 0 Å². The minimum atomic E-state index is -0.239. The van der Waals surface area contributed by atoms with Gasteiger partial charge in [0.2, 0.25) is 5.91 Å². The number of nitrogens with zero attached hydrogens (tertiary/aromatic N) is 3. The second kappa shape index (κ2) is 6.75. The molecular formula is C19H24FN3O. The van der Waals surface area contributed by atoms with Gasteiger partial charge in [0, 0.05) is 25.7 Å². The molecule has 0 aliphatic carbocycles. The molecule has 1 aliphatic rings. The van der Waals surface area contributed by atoms with Crippen molar-refractivity contribution in [2.24, 2.45) is 7.05 Å². The van der Waals surface area contributed by atoms with Crippen LogP contribution in [0.1, 0.15) is 47.8 Å². The predicted molar refractivity (Wildman–Crippen MR) is 91.1 cm³/mol. The third kappa shape index (κ3) is 3.21. The molecule has 2 aromatic rings. The van der Waals surface area contributed by atoms with Crippen molar-refractivity contribution in [2.75, 3.05) is 6.54 Å². The monoisotopic (exact) mass is 329 g/mol. The standard InChI is InChI=1S/C19H24FN3O/c1-13-17(14(2)22(3)21-13)10-11-19(24)23-12-4-5-18(23)15-6-8-16(20)9-7-15/h6-9,18H,4-5,10-12H2,1-3H3/t18-/m1/s1. The van der Waals surface area contributed by atoms with Crippen LogP contribution < -0.4 is 0 Å². The number of aryl methyl sites for hydroxylation is 2. The first-order valence-electron chi connectivity index (χ1n) is 8.51. The maximum atomic E-state index is 13.1. The molecule has 1 atom stereocenters. The number of amides is 1. The molecule has 0 bridgehead atoms. The van der Waals surface area contributed by atoms with E-state index in [2.05, 4.69) is 5.10 Å². The number of likely N-dealkylation sites (tertiary alicyclic amines) is 1. The quantitative estimate of drug-likeness (QED) is 0.861. The van der Waals surface area contributed by atoms with Gasteiger partial charge in [0.1, 0.15) is 5.82 Å².